The third-order valence-corrected chi connectivity index (χ3v) is 4.24. The lowest BCUT2D eigenvalue weighted by Crippen LogP contribution is -2.20. The van der Waals surface area contributed by atoms with Gasteiger partial charge in [-0.1, -0.05) is 59.3 Å². The van der Waals surface area contributed by atoms with Crippen LogP contribution in [0.4, 0.5) is 0 Å². The molecular weight excluding hydrogens is 256 g/mol. The summed E-state index contributed by atoms with van der Waals surface area (Å²) in [5, 5.41) is 4.51. The van der Waals surface area contributed by atoms with Crippen molar-refractivity contribution in [3.63, 3.8) is 0 Å². The Hall–Kier alpha value is -2.22. The third-order valence-electron chi connectivity index (χ3n) is 4.24. The van der Waals surface area contributed by atoms with Gasteiger partial charge in [-0.15, -0.1) is 0 Å². The Bertz CT molecular complexity index is 757. The van der Waals surface area contributed by atoms with Crippen LogP contribution in [0, 0.1) is 5.92 Å². The van der Waals surface area contributed by atoms with Crippen LogP contribution in [0.3, 0.4) is 0 Å². The van der Waals surface area contributed by atoms with Gasteiger partial charge in [-0.05, 0) is 35.1 Å². The predicted octanol–water partition coefficient (Wildman–Crippen LogP) is 4.01. The maximum Gasteiger partial charge on any atom is 0.191 e. The second kappa shape index (κ2) is 5.65. The van der Waals surface area contributed by atoms with Crippen LogP contribution in [-0.2, 0) is 6.42 Å². The molecule has 1 aliphatic heterocycles. The Kier molecular flexibility index (Phi) is 3.36. The lowest BCUT2D eigenvalue weighted by atomic mass is 9.91. The molecule has 0 aliphatic carbocycles. The first kappa shape index (κ1) is 12.5. The first-order chi connectivity index (χ1) is 10.6. The first-order valence-corrected chi connectivity index (χ1v) is 7.33. The zero-order chi connectivity index (χ0) is 15.7. The van der Waals surface area contributed by atoms with Gasteiger partial charge >= 0.3 is 0 Å². The van der Waals surface area contributed by atoms with E-state index >= 15 is 0 Å². The average molecular weight is 278 g/mol. The van der Waals surface area contributed by atoms with E-state index in [2.05, 4.69) is 43.2 Å². The van der Waals surface area contributed by atoms with E-state index in [0.717, 1.165) is 17.5 Å². The molecule has 2 heteroatoms. The van der Waals surface area contributed by atoms with Gasteiger partial charge in [-0.25, -0.2) is 0 Å². The molecular formula is C19H21N2+. The van der Waals surface area contributed by atoms with E-state index in [4.69, 9.17) is 1.37 Å². The summed E-state index contributed by atoms with van der Waals surface area (Å²) in [5.74, 6) is 0.402. The summed E-state index contributed by atoms with van der Waals surface area (Å²) in [6, 6.07) is 16.8. The molecule has 0 amide bonds. The molecule has 2 aromatic rings. The molecule has 1 atom stereocenters. The van der Waals surface area contributed by atoms with E-state index in [1.54, 1.807) is 0 Å². The van der Waals surface area contributed by atoms with Crippen LogP contribution in [-0.4, -0.2) is 23.2 Å². The Morgan fingerprint density at radius 1 is 1.05 bits per heavy atom. The fourth-order valence-corrected chi connectivity index (χ4v) is 2.84. The molecule has 0 spiro atoms. The highest BCUT2D eigenvalue weighted by Gasteiger charge is 2.30. The van der Waals surface area contributed by atoms with E-state index in [0.29, 0.717) is 12.0 Å². The lowest BCUT2D eigenvalue weighted by Gasteiger charge is -2.09. The molecule has 0 N–H and O–H groups in total. The molecule has 2 nitrogen and oxygen atoms in total. The van der Waals surface area contributed by atoms with Crippen molar-refractivity contribution in [2.24, 2.45) is 11.0 Å². The van der Waals surface area contributed by atoms with Crippen LogP contribution in [0.25, 0.3) is 11.1 Å². The second-order valence-electron chi connectivity index (χ2n) is 5.64. The molecule has 0 saturated heterocycles. The average Bonchev–Trinajstić information content (AvgIpc) is 2.75. The van der Waals surface area contributed by atoms with Crippen LogP contribution in [0.15, 0.2) is 59.7 Å². The quantitative estimate of drug-likeness (QED) is 0.754. The highest BCUT2D eigenvalue weighted by Crippen LogP contribution is 2.22. The molecule has 0 radical (unpaired) electrons. The van der Waals surface area contributed by atoms with E-state index < -0.39 is 0 Å². The van der Waals surface area contributed by atoms with Gasteiger partial charge in [-0.3, -0.25) is 0 Å². The molecule has 1 heterocycles. The highest BCUT2D eigenvalue weighted by atomic mass is 15.4. The van der Waals surface area contributed by atoms with Gasteiger partial charge in [0.05, 0.1) is 13.0 Å². The Morgan fingerprint density at radius 2 is 1.81 bits per heavy atom. The summed E-state index contributed by atoms with van der Waals surface area (Å²) in [4.78, 5) is 0. The van der Waals surface area contributed by atoms with Crippen molar-refractivity contribution in [1.82, 2.24) is 0 Å². The van der Waals surface area contributed by atoms with Crippen molar-refractivity contribution in [1.29, 1.82) is 0 Å². The molecule has 0 saturated carbocycles. The van der Waals surface area contributed by atoms with Crippen LogP contribution in [0.5, 0.6) is 0 Å². The summed E-state index contributed by atoms with van der Waals surface area (Å²) in [7, 11) is 2.01. The minimum Gasteiger partial charge on any atom is -0.0949 e. The number of hydrazone groups is 1. The van der Waals surface area contributed by atoms with Crippen molar-refractivity contribution in [3.05, 3.63) is 60.1 Å². The molecule has 0 fully saturated rings. The summed E-state index contributed by atoms with van der Waals surface area (Å²) in [6.45, 7) is 4.25. The first-order valence-electron chi connectivity index (χ1n) is 7.83. The smallest absolute Gasteiger partial charge is 0.0949 e. The summed E-state index contributed by atoms with van der Waals surface area (Å²) in [6.07, 6.45) is 0.980. The number of rotatable bonds is 3. The monoisotopic (exact) mass is 278 g/mol. The van der Waals surface area contributed by atoms with Crippen LogP contribution < -0.4 is 0 Å². The molecule has 2 aromatic carbocycles. The van der Waals surface area contributed by atoms with Gasteiger partial charge < -0.3 is 0 Å². The predicted molar refractivity (Wildman–Crippen MR) is 89.0 cm³/mol. The van der Waals surface area contributed by atoms with Gasteiger partial charge in [0.15, 0.2) is 12.8 Å². The second-order valence-corrected chi connectivity index (χ2v) is 5.64. The van der Waals surface area contributed by atoms with Crippen LogP contribution >= 0.6 is 0 Å². The number of hydrogen-bond acceptors (Lipinski definition) is 1. The third kappa shape index (κ3) is 2.80. The van der Waals surface area contributed by atoms with Crippen molar-refractivity contribution in [2.45, 2.75) is 20.3 Å². The standard InChI is InChI=1S/C19H21N2/c1-14-19(15(2)21(3)20-14)13-16-9-11-18(12-10-16)17-7-5-4-6-8-17/h4-12,19H,13H2,1-3H3/q+1/i7D. The minimum absolute atomic E-state index is 0.402. The SMILES string of the molecule is [2H]c1ccccc1-c1ccc(CC2C(C)=N[N+](C)=C2C)cc1. The highest BCUT2D eigenvalue weighted by molar-refractivity contribution is 6.05. The Morgan fingerprint density at radius 3 is 2.43 bits per heavy atom. The fourth-order valence-electron chi connectivity index (χ4n) is 2.84. The summed E-state index contributed by atoms with van der Waals surface area (Å²) >= 11 is 0. The zero-order valence-electron chi connectivity index (χ0n) is 13.8. The van der Waals surface area contributed by atoms with Crippen LogP contribution in [0.2, 0.25) is 0 Å². The number of hydrogen-bond donors (Lipinski definition) is 0. The van der Waals surface area contributed by atoms with E-state index in [9.17, 15) is 0 Å². The van der Waals surface area contributed by atoms with Gasteiger partial charge in [0.2, 0.25) is 0 Å². The number of benzene rings is 2. The minimum atomic E-state index is 0.402. The van der Waals surface area contributed by atoms with Crippen molar-refractivity contribution in [3.8, 4) is 11.1 Å². The fraction of sp³-hybridized carbons (Fsp3) is 0.263. The molecule has 21 heavy (non-hydrogen) atoms. The van der Waals surface area contributed by atoms with E-state index in [1.807, 2.05) is 36.0 Å². The maximum absolute atomic E-state index is 7.99. The van der Waals surface area contributed by atoms with E-state index in [1.165, 1.54) is 17.0 Å². The van der Waals surface area contributed by atoms with E-state index in [-0.39, 0.29) is 0 Å². The van der Waals surface area contributed by atoms with Crippen molar-refractivity contribution < 1.29 is 6.06 Å². The number of nitrogens with zero attached hydrogens (tertiary/aromatic N) is 2. The molecule has 106 valence electrons. The van der Waals surface area contributed by atoms with Gasteiger partial charge in [0, 0.05) is 6.92 Å². The summed E-state index contributed by atoms with van der Waals surface area (Å²) in [5.41, 5.74) is 5.87. The molecule has 0 aromatic heterocycles. The topological polar surface area (TPSA) is 15.4 Å². The Balaban J connectivity index is 1.81. The normalized spacial score (nSPS) is 18.7. The molecule has 1 unspecified atom stereocenters. The zero-order valence-corrected chi connectivity index (χ0v) is 12.8. The van der Waals surface area contributed by atoms with Crippen molar-refractivity contribution >= 4 is 11.4 Å². The maximum atomic E-state index is 7.99. The van der Waals surface area contributed by atoms with Crippen LogP contribution in [0.1, 0.15) is 20.8 Å². The molecule has 3 rings (SSSR count). The summed E-state index contributed by atoms with van der Waals surface area (Å²) < 4.78 is 9.97. The molecule has 1 aliphatic rings. The van der Waals surface area contributed by atoms with Gasteiger partial charge in [0.1, 0.15) is 0 Å². The van der Waals surface area contributed by atoms with Gasteiger partial charge in [0.25, 0.3) is 0 Å². The van der Waals surface area contributed by atoms with Gasteiger partial charge in [-0.2, -0.15) is 0 Å². The van der Waals surface area contributed by atoms with Crippen molar-refractivity contribution in [2.75, 3.05) is 7.05 Å². The lowest BCUT2D eigenvalue weighted by molar-refractivity contribution is -0.500. The largest absolute Gasteiger partial charge is 0.191 e. The molecule has 0 bridgehead atoms. The Labute approximate surface area is 127 Å².